The Labute approximate surface area is 114 Å². The lowest BCUT2D eigenvalue weighted by Gasteiger charge is -2.33. The van der Waals surface area contributed by atoms with Crippen LogP contribution in [0.1, 0.15) is 6.92 Å². The molecule has 18 heavy (non-hydrogen) atoms. The Morgan fingerprint density at radius 3 is 2.89 bits per heavy atom. The van der Waals surface area contributed by atoms with Crippen molar-refractivity contribution in [1.29, 1.82) is 0 Å². The molecule has 6 nitrogen and oxygen atoms in total. The molecule has 0 aromatic carbocycles. The van der Waals surface area contributed by atoms with E-state index in [0.717, 1.165) is 0 Å². The van der Waals surface area contributed by atoms with Crippen LogP contribution in [0.15, 0.2) is 10.7 Å². The molecule has 0 N–H and O–H groups in total. The number of hydrogen-bond acceptors (Lipinski definition) is 6. The summed E-state index contributed by atoms with van der Waals surface area (Å²) in [5.41, 5.74) is 0. The van der Waals surface area contributed by atoms with Crippen LogP contribution in [0, 0.1) is 0 Å². The first-order chi connectivity index (χ1) is 8.43. The third-order valence-corrected chi connectivity index (χ3v) is 5.16. The van der Waals surface area contributed by atoms with Gasteiger partial charge in [0.05, 0.1) is 29.3 Å². The molecular formula is C10H14BrN3O3S. The number of rotatable bonds is 2. The monoisotopic (exact) mass is 335 g/mol. The number of ether oxygens (including phenoxy) is 1. The van der Waals surface area contributed by atoms with Gasteiger partial charge in [-0.15, -0.1) is 0 Å². The van der Waals surface area contributed by atoms with Crippen LogP contribution in [-0.4, -0.2) is 49.6 Å². The van der Waals surface area contributed by atoms with Crippen LogP contribution in [0.5, 0.6) is 5.88 Å². The van der Waals surface area contributed by atoms with Crippen LogP contribution in [0.4, 0.5) is 5.95 Å². The number of aromatic nitrogens is 2. The molecule has 1 atom stereocenters. The summed E-state index contributed by atoms with van der Waals surface area (Å²) >= 11 is 3.28. The predicted octanol–water partition coefficient (Wildman–Crippen LogP) is 0.871. The summed E-state index contributed by atoms with van der Waals surface area (Å²) in [4.78, 5) is 10.4. The highest BCUT2D eigenvalue weighted by Crippen LogP contribution is 2.25. The molecule has 1 aromatic rings. The Kier molecular flexibility index (Phi) is 3.76. The number of nitrogens with zero attached hydrogens (tertiary/aromatic N) is 3. The van der Waals surface area contributed by atoms with Gasteiger partial charge in [-0.25, -0.2) is 13.4 Å². The highest BCUT2D eigenvalue weighted by atomic mass is 79.9. The molecule has 100 valence electrons. The second-order valence-corrected chi connectivity index (χ2v) is 7.27. The van der Waals surface area contributed by atoms with Gasteiger partial charge in [-0.05, 0) is 22.9 Å². The van der Waals surface area contributed by atoms with Crippen molar-refractivity contribution in [3.63, 3.8) is 0 Å². The highest BCUT2D eigenvalue weighted by molar-refractivity contribution is 9.10. The summed E-state index contributed by atoms with van der Waals surface area (Å²) in [6, 6.07) is -0.130. The highest BCUT2D eigenvalue weighted by Gasteiger charge is 2.30. The van der Waals surface area contributed by atoms with Gasteiger partial charge in [0.2, 0.25) is 11.8 Å². The minimum absolute atomic E-state index is 0.130. The van der Waals surface area contributed by atoms with E-state index in [-0.39, 0.29) is 17.5 Å². The largest absolute Gasteiger partial charge is 0.480 e. The summed E-state index contributed by atoms with van der Waals surface area (Å²) in [5, 5.41) is 0. The number of sulfone groups is 1. The molecule has 1 aliphatic rings. The van der Waals surface area contributed by atoms with Gasteiger partial charge in [-0.3, -0.25) is 0 Å². The molecule has 8 heteroatoms. The molecule has 0 saturated carbocycles. The van der Waals surface area contributed by atoms with Crippen LogP contribution >= 0.6 is 15.9 Å². The molecule has 0 bridgehead atoms. The van der Waals surface area contributed by atoms with Crippen LogP contribution in [-0.2, 0) is 9.84 Å². The quantitative estimate of drug-likeness (QED) is 0.798. The lowest BCUT2D eigenvalue weighted by molar-refractivity contribution is 0.393. The van der Waals surface area contributed by atoms with E-state index in [2.05, 4.69) is 25.9 Å². The predicted molar refractivity (Wildman–Crippen MR) is 71.7 cm³/mol. The number of halogens is 1. The van der Waals surface area contributed by atoms with Gasteiger partial charge in [-0.2, -0.15) is 4.98 Å². The minimum atomic E-state index is -2.93. The van der Waals surface area contributed by atoms with Crippen molar-refractivity contribution in [3.8, 4) is 5.88 Å². The number of hydrogen-bond donors (Lipinski definition) is 0. The minimum Gasteiger partial charge on any atom is -0.480 e. The Morgan fingerprint density at radius 1 is 1.56 bits per heavy atom. The van der Waals surface area contributed by atoms with E-state index in [1.54, 1.807) is 6.20 Å². The van der Waals surface area contributed by atoms with E-state index in [1.165, 1.54) is 7.11 Å². The number of methoxy groups -OCH3 is 1. The summed E-state index contributed by atoms with van der Waals surface area (Å²) in [6.45, 7) is 2.27. The van der Waals surface area contributed by atoms with E-state index in [4.69, 9.17) is 4.74 Å². The van der Waals surface area contributed by atoms with Gasteiger partial charge >= 0.3 is 0 Å². The van der Waals surface area contributed by atoms with Crippen molar-refractivity contribution in [2.45, 2.75) is 13.0 Å². The maximum absolute atomic E-state index is 11.5. The zero-order chi connectivity index (χ0) is 13.3. The zero-order valence-electron chi connectivity index (χ0n) is 10.1. The summed E-state index contributed by atoms with van der Waals surface area (Å²) < 4.78 is 28.8. The molecule has 2 rings (SSSR count). The molecule has 2 heterocycles. The molecule has 1 aliphatic heterocycles. The third-order valence-electron chi connectivity index (χ3n) is 2.82. The normalized spacial score (nSPS) is 22.8. The van der Waals surface area contributed by atoms with Gasteiger partial charge in [0.1, 0.15) is 0 Å². The van der Waals surface area contributed by atoms with E-state index in [1.807, 2.05) is 11.8 Å². The molecule has 1 saturated heterocycles. The van der Waals surface area contributed by atoms with Crippen molar-refractivity contribution in [2.24, 2.45) is 0 Å². The van der Waals surface area contributed by atoms with Crippen LogP contribution in [0.3, 0.4) is 0 Å². The Hall–Kier alpha value is -0.890. The van der Waals surface area contributed by atoms with Crippen LogP contribution < -0.4 is 9.64 Å². The van der Waals surface area contributed by atoms with Crippen molar-refractivity contribution in [3.05, 3.63) is 10.7 Å². The standard InChI is InChI=1S/C10H14BrN3O3S/c1-7-6-18(15,16)4-3-14(7)10-12-5-8(11)9(13-10)17-2/h5,7H,3-4,6H2,1-2H3. The van der Waals surface area contributed by atoms with Crippen LogP contribution in [0.25, 0.3) is 0 Å². The maximum Gasteiger partial charge on any atom is 0.232 e. The van der Waals surface area contributed by atoms with Crippen molar-refractivity contribution >= 4 is 31.7 Å². The first-order valence-electron chi connectivity index (χ1n) is 5.46. The van der Waals surface area contributed by atoms with Crippen molar-refractivity contribution in [2.75, 3.05) is 30.1 Å². The fourth-order valence-corrected chi connectivity index (χ4v) is 3.83. The maximum atomic E-state index is 11.5. The molecule has 1 aromatic heterocycles. The zero-order valence-corrected chi connectivity index (χ0v) is 12.5. The summed E-state index contributed by atoms with van der Waals surface area (Å²) in [6.07, 6.45) is 1.61. The topological polar surface area (TPSA) is 72.4 Å². The molecule has 0 aliphatic carbocycles. The van der Waals surface area contributed by atoms with Gasteiger partial charge in [0, 0.05) is 12.6 Å². The SMILES string of the molecule is COc1nc(N2CCS(=O)(=O)CC2C)ncc1Br. The second-order valence-electron chi connectivity index (χ2n) is 4.18. The summed E-state index contributed by atoms with van der Waals surface area (Å²) in [5.74, 6) is 1.21. The second kappa shape index (κ2) is 5.00. The average molecular weight is 336 g/mol. The van der Waals surface area contributed by atoms with Gasteiger partial charge in [0.15, 0.2) is 9.84 Å². The first kappa shape index (κ1) is 13.5. The Balaban J connectivity index is 2.27. The van der Waals surface area contributed by atoms with E-state index in [0.29, 0.717) is 22.8 Å². The lowest BCUT2D eigenvalue weighted by atomic mass is 10.3. The van der Waals surface area contributed by atoms with Crippen LogP contribution in [0.2, 0.25) is 0 Å². The summed E-state index contributed by atoms with van der Waals surface area (Å²) in [7, 11) is -1.41. The van der Waals surface area contributed by atoms with Gasteiger partial charge in [-0.1, -0.05) is 0 Å². The molecule has 0 spiro atoms. The molecule has 0 amide bonds. The number of anilines is 1. The Morgan fingerprint density at radius 2 is 2.28 bits per heavy atom. The first-order valence-corrected chi connectivity index (χ1v) is 8.08. The lowest BCUT2D eigenvalue weighted by Crippen LogP contribution is -2.47. The van der Waals surface area contributed by atoms with Crippen molar-refractivity contribution < 1.29 is 13.2 Å². The van der Waals surface area contributed by atoms with Gasteiger partial charge < -0.3 is 9.64 Å². The molecule has 1 fully saturated rings. The van der Waals surface area contributed by atoms with Crippen molar-refractivity contribution in [1.82, 2.24) is 9.97 Å². The molecule has 1 unspecified atom stereocenters. The Bertz CT molecular complexity index is 549. The third kappa shape index (κ3) is 2.74. The van der Waals surface area contributed by atoms with E-state index >= 15 is 0 Å². The average Bonchev–Trinajstić information content (AvgIpc) is 2.29. The van der Waals surface area contributed by atoms with E-state index < -0.39 is 9.84 Å². The van der Waals surface area contributed by atoms with Gasteiger partial charge in [0.25, 0.3) is 0 Å². The van der Waals surface area contributed by atoms with E-state index in [9.17, 15) is 8.42 Å². The fraction of sp³-hybridized carbons (Fsp3) is 0.600. The molecule has 0 radical (unpaired) electrons. The smallest absolute Gasteiger partial charge is 0.232 e. The fourth-order valence-electron chi connectivity index (χ4n) is 1.92. The molecular weight excluding hydrogens is 322 g/mol.